The van der Waals surface area contributed by atoms with Gasteiger partial charge in [-0.1, -0.05) is 0 Å². The number of pyridine rings is 1. The fourth-order valence-electron chi connectivity index (χ4n) is 2.36. The van der Waals surface area contributed by atoms with Crippen LogP contribution in [0.1, 0.15) is 11.1 Å². The molecule has 112 valence electrons. The van der Waals surface area contributed by atoms with Crippen molar-refractivity contribution in [3.63, 3.8) is 0 Å². The van der Waals surface area contributed by atoms with Crippen molar-refractivity contribution in [2.75, 3.05) is 20.0 Å². The number of anilines is 1. The van der Waals surface area contributed by atoms with Gasteiger partial charge in [-0.05, 0) is 37.1 Å². The van der Waals surface area contributed by atoms with E-state index in [0.717, 1.165) is 22.3 Å². The molecular weight excluding hydrogens is 268 g/mol. The molecule has 0 amide bonds. The van der Waals surface area contributed by atoms with Crippen LogP contribution in [0.5, 0.6) is 11.5 Å². The van der Waals surface area contributed by atoms with E-state index in [-0.39, 0.29) is 5.56 Å². The third kappa shape index (κ3) is 2.46. The number of benzene rings is 1. The average Bonchev–Trinajstić information content (AvgIpc) is 2.49. The fourth-order valence-corrected chi connectivity index (χ4v) is 2.36. The minimum atomic E-state index is 0.00521. The maximum absolute atomic E-state index is 12.0. The Balaban J connectivity index is 2.76. The van der Waals surface area contributed by atoms with Crippen LogP contribution in [0.15, 0.2) is 23.1 Å². The summed E-state index contributed by atoms with van der Waals surface area (Å²) in [6.07, 6.45) is 1.81. The number of methoxy groups -OCH3 is 2. The quantitative estimate of drug-likeness (QED) is 0.880. The summed E-state index contributed by atoms with van der Waals surface area (Å²) >= 11 is 0. The highest BCUT2D eigenvalue weighted by Gasteiger charge is 2.14. The molecule has 1 aromatic heterocycles. The summed E-state index contributed by atoms with van der Waals surface area (Å²) in [5, 5.41) is 0. The lowest BCUT2D eigenvalue weighted by atomic mass is 9.98. The topological polar surface area (TPSA) is 66.5 Å². The van der Waals surface area contributed by atoms with Gasteiger partial charge in [0, 0.05) is 24.4 Å². The first kappa shape index (κ1) is 15.0. The summed E-state index contributed by atoms with van der Waals surface area (Å²) in [4.78, 5) is 12.0. The molecule has 0 fully saturated rings. The minimum Gasteiger partial charge on any atom is -0.494 e. The number of nitrogens with zero attached hydrogens (tertiary/aromatic N) is 1. The Morgan fingerprint density at radius 1 is 1.05 bits per heavy atom. The zero-order valence-corrected chi connectivity index (χ0v) is 13.0. The van der Waals surface area contributed by atoms with E-state index in [1.165, 1.54) is 0 Å². The normalized spacial score (nSPS) is 10.5. The summed E-state index contributed by atoms with van der Waals surface area (Å²) in [7, 11) is 4.87. The first-order chi connectivity index (χ1) is 9.90. The second-order valence-corrected chi connectivity index (χ2v) is 5.00. The van der Waals surface area contributed by atoms with E-state index < -0.39 is 0 Å². The van der Waals surface area contributed by atoms with Gasteiger partial charge in [0.25, 0.3) is 5.56 Å². The summed E-state index contributed by atoms with van der Waals surface area (Å²) in [6.45, 7) is 3.76. The molecule has 0 atom stereocenters. The lowest BCUT2D eigenvalue weighted by Gasteiger charge is -2.15. The van der Waals surface area contributed by atoms with Crippen molar-refractivity contribution in [3.05, 3.63) is 39.8 Å². The number of rotatable bonds is 3. The lowest BCUT2D eigenvalue weighted by Crippen LogP contribution is -2.20. The van der Waals surface area contributed by atoms with Crippen molar-refractivity contribution in [2.24, 2.45) is 7.05 Å². The standard InChI is InChI=1S/C16H20N2O3/c1-9-10(2)16(19)18(3)8-12(9)11-6-13(20-4)15(17)14(7-11)21-5/h6-8H,17H2,1-5H3. The lowest BCUT2D eigenvalue weighted by molar-refractivity contribution is 0.398. The zero-order chi connectivity index (χ0) is 15.7. The van der Waals surface area contributed by atoms with E-state index >= 15 is 0 Å². The Bertz CT molecular complexity index is 723. The van der Waals surface area contributed by atoms with E-state index in [1.54, 1.807) is 25.8 Å². The monoisotopic (exact) mass is 288 g/mol. The van der Waals surface area contributed by atoms with Gasteiger partial charge >= 0.3 is 0 Å². The van der Waals surface area contributed by atoms with Crippen molar-refractivity contribution in [1.82, 2.24) is 4.57 Å². The first-order valence-corrected chi connectivity index (χ1v) is 6.59. The van der Waals surface area contributed by atoms with Crippen LogP contribution in [0, 0.1) is 13.8 Å². The van der Waals surface area contributed by atoms with Crippen molar-refractivity contribution >= 4 is 5.69 Å². The summed E-state index contributed by atoms with van der Waals surface area (Å²) in [5.41, 5.74) is 9.95. The Hall–Kier alpha value is -2.43. The second kappa shape index (κ2) is 5.52. The fraction of sp³-hybridized carbons (Fsp3) is 0.312. The van der Waals surface area contributed by atoms with Crippen LogP contribution in [0.2, 0.25) is 0 Å². The van der Waals surface area contributed by atoms with Crippen molar-refractivity contribution in [3.8, 4) is 22.6 Å². The van der Waals surface area contributed by atoms with E-state index in [1.807, 2.05) is 32.2 Å². The van der Waals surface area contributed by atoms with Gasteiger partial charge in [0.15, 0.2) is 0 Å². The first-order valence-electron chi connectivity index (χ1n) is 6.59. The second-order valence-electron chi connectivity index (χ2n) is 5.00. The zero-order valence-electron chi connectivity index (χ0n) is 13.0. The Kier molecular flexibility index (Phi) is 3.93. The number of aromatic nitrogens is 1. The van der Waals surface area contributed by atoms with Crippen LogP contribution in [0.25, 0.3) is 11.1 Å². The van der Waals surface area contributed by atoms with Gasteiger partial charge < -0.3 is 19.8 Å². The van der Waals surface area contributed by atoms with E-state index in [0.29, 0.717) is 17.2 Å². The van der Waals surface area contributed by atoms with Gasteiger partial charge in [0.05, 0.1) is 14.2 Å². The molecule has 1 aromatic carbocycles. The molecule has 2 rings (SSSR count). The summed E-state index contributed by atoms with van der Waals surface area (Å²) in [6, 6.07) is 3.70. The van der Waals surface area contributed by atoms with Crippen LogP contribution in [-0.4, -0.2) is 18.8 Å². The van der Waals surface area contributed by atoms with Crippen LogP contribution < -0.4 is 20.8 Å². The molecule has 0 aliphatic carbocycles. The molecule has 1 heterocycles. The van der Waals surface area contributed by atoms with Crippen molar-refractivity contribution in [2.45, 2.75) is 13.8 Å². The molecule has 0 aliphatic rings. The maximum atomic E-state index is 12.0. The number of nitrogens with two attached hydrogens (primary N) is 1. The number of aryl methyl sites for hydroxylation is 1. The largest absolute Gasteiger partial charge is 0.494 e. The molecule has 0 radical (unpaired) electrons. The molecule has 5 nitrogen and oxygen atoms in total. The molecule has 0 bridgehead atoms. The summed E-state index contributed by atoms with van der Waals surface area (Å²) < 4.78 is 12.2. The highest BCUT2D eigenvalue weighted by Crippen LogP contribution is 2.37. The molecule has 21 heavy (non-hydrogen) atoms. The Morgan fingerprint density at radius 3 is 2.05 bits per heavy atom. The van der Waals surface area contributed by atoms with Gasteiger partial charge in [-0.25, -0.2) is 0 Å². The van der Waals surface area contributed by atoms with Crippen LogP contribution in [0.4, 0.5) is 5.69 Å². The molecule has 0 unspecified atom stereocenters. The van der Waals surface area contributed by atoms with Gasteiger partial charge in [-0.2, -0.15) is 0 Å². The molecule has 5 heteroatoms. The van der Waals surface area contributed by atoms with Gasteiger partial charge in [-0.3, -0.25) is 4.79 Å². The molecule has 0 saturated heterocycles. The van der Waals surface area contributed by atoms with E-state index in [4.69, 9.17) is 15.2 Å². The SMILES string of the molecule is COc1cc(-c2cn(C)c(=O)c(C)c2C)cc(OC)c1N. The number of hydrogen-bond acceptors (Lipinski definition) is 4. The number of ether oxygens (including phenoxy) is 2. The van der Waals surface area contributed by atoms with E-state index in [9.17, 15) is 4.79 Å². The summed E-state index contributed by atoms with van der Waals surface area (Å²) in [5.74, 6) is 1.10. The maximum Gasteiger partial charge on any atom is 0.253 e. The molecule has 2 N–H and O–H groups in total. The minimum absolute atomic E-state index is 0.00521. The van der Waals surface area contributed by atoms with Gasteiger partial charge in [0.2, 0.25) is 0 Å². The van der Waals surface area contributed by atoms with Crippen LogP contribution >= 0.6 is 0 Å². The third-order valence-electron chi connectivity index (χ3n) is 3.79. The van der Waals surface area contributed by atoms with Gasteiger partial charge in [-0.15, -0.1) is 0 Å². The number of nitrogen functional groups attached to an aromatic ring is 1. The molecule has 0 spiro atoms. The Morgan fingerprint density at radius 2 is 1.57 bits per heavy atom. The average molecular weight is 288 g/mol. The molecular formula is C16H20N2O3. The van der Waals surface area contributed by atoms with Gasteiger partial charge in [0.1, 0.15) is 17.2 Å². The van der Waals surface area contributed by atoms with Crippen molar-refractivity contribution < 1.29 is 9.47 Å². The molecule has 0 aliphatic heterocycles. The predicted octanol–water partition coefficient (Wildman–Crippen LogP) is 2.27. The van der Waals surface area contributed by atoms with E-state index in [2.05, 4.69) is 0 Å². The van der Waals surface area contributed by atoms with Crippen LogP contribution in [0.3, 0.4) is 0 Å². The number of hydrogen-bond donors (Lipinski definition) is 1. The highest BCUT2D eigenvalue weighted by atomic mass is 16.5. The molecule has 2 aromatic rings. The predicted molar refractivity (Wildman–Crippen MR) is 84.1 cm³/mol. The molecule has 0 saturated carbocycles. The third-order valence-corrected chi connectivity index (χ3v) is 3.79. The Labute approximate surface area is 123 Å². The van der Waals surface area contributed by atoms with Crippen molar-refractivity contribution in [1.29, 1.82) is 0 Å². The highest BCUT2D eigenvalue weighted by molar-refractivity contribution is 5.76. The van der Waals surface area contributed by atoms with Crippen LogP contribution in [-0.2, 0) is 7.05 Å². The smallest absolute Gasteiger partial charge is 0.253 e.